The van der Waals surface area contributed by atoms with Crippen LogP contribution in [0.1, 0.15) is 70.6 Å². The molecule has 1 heterocycles. The summed E-state index contributed by atoms with van der Waals surface area (Å²) in [6.07, 6.45) is 5.95. The lowest BCUT2D eigenvalue weighted by molar-refractivity contribution is -0.119. The van der Waals surface area contributed by atoms with Crippen molar-refractivity contribution in [3.8, 4) is 0 Å². The number of aliphatic hydroxyl groups excluding tert-OH is 1. The number of rotatable bonds is 6. The summed E-state index contributed by atoms with van der Waals surface area (Å²) in [6, 6.07) is 0. The maximum Gasteiger partial charge on any atom is 0.252 e. The number of hydrogen-bond acceptors (Lipinski definition) is 4. The van der Waals surface area contributed by atoms with Crippen LogP contribution in [0.15, 0.2) is 0 Å². The molecule has 2 N–H and O–H groups in total. The zero-order chi connectivity index (χ0) is 16.8. The molecular formula is C19H25NO3S. The molecule has 24 heavy (non-hydrogen) atoms. The van der Waals surface area contributed by atoms with E-state index in [1.54, 1.807) is 11.3 Å². The maximum absolute atomic E-state index is 12.9. The van der Waals surface area contributed by atoms with Crippen LogP contribution in [0.4, 0.5) is 0 Å². The third kappa shape index (κ3) is 3.16. The van der Waals surface area contributed by atoms with Crippen molar-refractivity contribution in [2.45, 2.75) is 63.9 Å². The van der Waals surface area contributed by atoms with Crippen LogP contribution in [-0.2, 0) is 17.6 Å². The van der Waals surface area contributed by atoms with Crippen LogP contribution in [0.5, 0.6) is 0 Å². The second-order valence-electron chi connectivity index (χ2n) is 7.70. The summed E-state index contributed by atoms with van der Waals surface area (Å²) < 4.78 is 0. The van der Waals surface area contributed by atoms with E-state index in [-0.39, 0.29) is 23.5 Å². The van der Waals surface area contributed by atoms with Crippen molar-refractivity contribution in [3.63, 3.8) is 0 Å². The maximum atomic E-state index is 12.9. The highest BCUT2D eigenvalue weighted by atomic mass is 32.1. The fourth-order valence-corrected chi connectivity index (χ4v) is 5.10. The van der Waals surface area contributed by atoms with E-state index in [9.17, 15) is 14.7 Å². The van der Waals surface area contributed by atoms with Gasteiger partial charge in [-0.05, 0) is 50.0 Å². The Morgan fingerprint density at radius 3 is 2.62 bits per heavy atom. The number of amides is 1. The molecule has 130 valence electrons. The average molecular weight is 347 g/mol. The van der Waals surface area contributed by atoms with Gasteiger partial charge in [0.15, 0.2) is 0 Å². The fraction of sp³-hybridized carbons (Fsp3) is 0.684. The Morgan fingerprint density at radius 2 is 1.96 bits per heavy atom. The van der Waals surface area contributed by atoms with Gasteiger partial charge in [-0.1, -0.05) is 6.92 Å². The summed E-state index contributed by atoms with van der Waals surface area (Å²) in [7, 11) is 0. The first kappa shape index (κ1) is 16.3. The number of fused-ring (bicyclic) bond motifs is 1. The minimum Gasteiger partial charge on any atom is -0.392 e. The lowest BCUT2D eigenvalue weighted by Gasteiger charge is -2.26. The minimum absolute atomic E-state index is 0.0311. The molecule has 3 aliphatic carbocycles. The van der Waals surface area contributed by atoms with E-state index in [1.807, 2.05) is 6.92 Å². The van der Waals surface area contributed by atoms with Crippen LogP contribution in [0.25, 0.3) is 0 Å². The van der Waals surface area contributed by atoms with E-state index in [0.29, 0.717) is 17.9 Å². The number of carbonyl (C=O) groups is 2. The first-order valence-electron chi connectivity index (χ1n) is 9.18. The Bertz CT molecular complexity index is 672. The molecule has 1 aromatic heterocycles. The molecule has 0 saturated heterocycles. The van der Waals surface area contributed by atoms with Crippen molar-refractivity contribution < 1.29 is 14.7 Å². The van der Waals surface area contributed by atoms with E-state index in [4.69, 9.17) is 0 Å². The Labute approximate surface area is 146 Å². The topological polar surface area (TPSA) is 66.4 Å². The SMILES string of the molecule is C[C@H]1c2c(sc(CC(=O)C3CC3)c2C(=O)NCC2CC2)CC[C@H]1O. The van der Waals surface area contributed by atoms with Gasteiger partial charge in [-0.3, -0.25) is 9.59 Å². The van der Waals surface area contributed by atoms with Crippen LogP contribution >= 0.6 is 11.3 Å². The zero-order valence-electron chi connectivity index (χ0n) is 14.1. The molecule has 2 saturated carbocycles. The van der Waals surface area contributed by atoms with Crippen molar-refractivity contribution in [1.82, 2.24) is 5.32 Å². The van der Waals surface area contributed by atoms with Gasteiger partial charge in [0, 0.05) is 34.6 Å². The quantitative estimate of drug-likeness (QED) is 0.831. The molecule has 2 fully saturated rings. The van der Waals surface area contributed by atoms with Gasteiger partial charge in [-0.25, -0.2) is 0 Å². The molecule has 1 amide bonds. The smallest absolute Gasteiger partial charge is 0.252 e. The van der Waals surface area contributed by atoms with Crippen molar-refractivity contribution in [1.29, 1.82) is 0 Å². The molecule has 0 radical (unpaired) electrons. The highest BCUT2D eigenvalue weighted by Crippen LogP contribution is 2.42. The number of hydrogen-bond donors (Lipinski definition) is 2. The molecular weight excluding hydrogens is 322 g/mol. The normalized spacial score (nSPS) is 26.1. The van der Waals surface area contributed by atoms with E-state index >= 15 is 0 Å². The number of thiophene rings is 1. The largest absolute Gasteiger partial charge is 0.392 e. The van der Waals surface area contributed by atoms with Gasteiger partial charge in [-0.15, -0.1) is 11.3 Å². The molecule has 0 bridgehead atoms. The second-order valence-corrected chi connectivity index (χ2v) is 8.89. The summed E-state index contributed by atoms with van der Waals surface area (Å²) in [5, 5.41) is 13.3. The Balaban J connectivity index is 1.64. The van der Waals surface area contributed by atoms with Gasteiger partial charge in [0.1, 0.15) is 5.78 Å². The van der Waals surface area contributed by atoms with Gasteiger partial charge < -0.3 is 10.4 Å². The van der Waals surface area contributed by atoms with Crippen LogP contribution in [0.2, 0.25) is 0 Å². The number of Topliss-reactive ketones (excluding diaryl/α,β-unsaturated/α-hetero) is 1. The first-order valence-corrected chi connectivity index (χ1v) is 9.99. The molecule has 0 aliphatic heterocycles. The summed E-state index contributed by atoms with van der Waals surface area (Å²) >= 11 is 1.63. The van der Waals surface area contributed by atoms with Crippen LogP contribution in [-0.4, -0.2) is 29.4 Å². The Morgan fingerprint density at radius 1 is 1.21 bits per heavy atom. The predicted molar refractivity (Wildman–Crippen MR) is 93.6 cm³/mol. The summed E-state index contributed by atoms with van der Waals surface area (Å²) in [5.74, 6) is 1.05. The Kier molecular flexibility index (Phi) is 4.25. The number of carbonyl (C=O) groups excluding carboxylic acids is 2. The number of ketones is 1. The van der Waals surface area contributed by atoms with Gasteiger partial charge in [0.2, 0.25) is 0 Å². The Hall–Kier alpha value is -1.20. The molecule has 4 nitrogen and oxygen atoms in total. The molecule has 3 aliphatic rings. The third-order valence-corrected chi connectivity index (χ3v) is 6.90. The van der Waals surface area contributed by atoms with E-state index in [1.165, 1.54) is 17.7 Å². The van der Waals surface area contributed by atoms with Gasteiger partial charge >= 0.3 is 0 Å². The van der Waals surface area contributed by atoms with Crippen molar-refractivity contribution in [2.75, 3.05) is 6.54 Å². The number of aryl methyl sites for hydroxylation is 1. The molecule has 0 aromatic carbocycles. The van der Waals surface area contributed by atoms with Crippen molar-refractivity contribution >= 4 is 23.0 Å². The highest BCUT2D eigenvalue weighted by Gasteiger charge is 2.36. The average Bonchev–Trinajstić information content (AvgIpc) is 3.45. The second kappa shape index (κ2) is 6.26. The lowest BCUT2D eigenvalue weighted by Crippen LogP contribution is -2.30. The molecule has 1 aromatic rings. The zero-order valence-corrected chi connectivity index (χ0v) is 15.0. The summed E-state index contributed by atoms with van der Waals surface area (Å²) in [6.45, 7) is 2.73. The minimum atomic E-state index is -0.394. The molecule has 5 heteroatoms. The number of nitrogens with one attached hydrogen (secondary N) is 1. The molecule has 2 atom stereocenters. The van der Waals surface area contributed by atoms with Crippen LogP contribution in [0.3, 0.4) is 0 Å². The van der Waals surface area contributed by atoms with Gasteiger partial charge in [0.25, 0.3) is 5.91 Å². The third-order valence-electron chi connectivity index (χ3n) is 5.64. The molecule has 4 rings (SSSR count). The van der Waals surface area contributed by atoms with Gasteiger partial charge in [0.05, 0.1) is 11.7 Å². The van der Waals surface area contributed by atoms with Gasteiger partial charge in [-0.2, -0.15) is 0 Å². The monoisotopic (exact) mass is 347 g/mol. The van der Waals surface area contributed by atoms with E-state index in [2.05, 4.69) is 5.32 Å². The van der Waals surface area contributed by atoms with Crippen molar-refractivity contribution in [2.24, 2.45) is 11.8 Å². The standard InChI is InChI=1S/C19H25NO3S/c1-10-13(21)6-7-15-17(10)18(19(23)20-9-11-2-3-11)16(24-15)8-14(22)12-4-5-12/h10-13,21H,2-9H2,1H3,(H,20,23)/t10-,13-/m1/s1. The number of aliphatic hydroxyl groups is 1. The lowest BCUT2D eigenvalue weighted by atomic mass is 9.83. The molecule has 0 spiro atoms. The summed E-state index contributed by atoms with van der Waals surface area (Å²) in [4.78, 5) is 27.3. The van der Waals surface area contributed by atoms with E-state index < -0.39 is 6.10 Å². The van der Waals surface area contributed by atoms with E-state index in [0.717, 1.165) is 42.7 Å². The van der Waals surface area contributed by atoms with Crippen LogP contribution < -0.4 is 5.32 Å². The summed E-state index contributed by atoms with van der Waals surface area (Å²) in [5.41, 5.74) is 1.71. The molecule has 0 unspecified atom stereocenters. The fourth-order valence-electron chi connectivity index (χ4n) is 3.66. The highest BCUT2D eigenvalue weighted by molar-refractivity contribution is 7.12. The predicted octanol–water partition coefficient (Wildman–Crippen LogP) is 2.82. The van der Waals surface area contributed by atoms with Crippen molar-refractivity contribution in [3.05, 3.63) is 20.9 Å². The first-order chi connectivity index (χ1) is 11.5. The van der Waals surface area contributed by atoms with Crippen LogP contribution in [0, 0.1) is 11.8 Å².